The van der Waals surface area contributed by atoms with Crippen molar-refractivity contribution in [1.82, 2.24) is 10.6 Å². The van der Waals surface area contributed by atoms with Gasteiger partial charge < -0.3 is 27.8 Å². The molecule has 0 atom stereocenters. The van der Waals surface area contributed by atoms with Gasteiger partial charge in [0.1, 0.15) is 5.75 Å². The molecule has 2 N–H and O–H groups in total. The maximum atomic E-state index is 12.4. The van der Waals surface area contributed by atoms with Gasteiger partial charge in [0.25, 0.3) is 0 Å². The molecule has 23 heavy (non-hydrogen) atoms. The maximum absolute atomic E-state index is 12.4. The van der Waals surface area contributed by atoms with Crippen LogP contribution >= 0.6 is 0 Å². The average molecular weight is 341 g/mol. The fraction of sp³-hybridized carbons (Fsp3) is 0.611. The predicted octanol–water partition coefficient (Wildman–Crippen LogP) is -0.220. The Balaban J connectivity index is 0.00000264. The maximum Gasteiger partial charge on any atom is 1.00 e. The summed E-state index contributed by atoms with van der Waals surface area (Å²) in [5, 5.41) is 6.83. The van der Waals surface area contributed by atoms with E-state index in [1.165, 1.54) is 0 Å². The zero-order chi connectivity index (χ0) is 16.4. The van der Waals surface area contributed by atoms with E-state index in [0.29, 0.717) is 6.42 Å². The largest absolute Gasteiger partial charge is 1.00 e. The molecule has 0 spiro atoms. The second-order valence-corrected chi connectivity index (χ2v) is 7.55. The number of hydrogen-bond donors (Lipinski definition) is 2. The number of methoxy groups -OCH3 is 1. The lowest BCUT2D eigenvalue weighted by atomic mass is 9.79. The number of piperidine rings is 1. The topological polar surface area (TPSA) is 50.4 Å². The van der Waals surface area contributed by atoms with E-state index in [1.807, 2.05) is 24.3 Å². The molecule has 1 fully saturated rings. The molecule has 0 unspecified atom stereocenters. The smallest absolute Gasteiger partial charge is 1.00 e. The molecule has 0 aliphatic carbocycles. The van der Waals surface area contributed by atoms with Crippen LogP contribution in [0.2, 0.25) is 0 Å². The Kier molecular flexibility index (Phi) is 6.49. The monoisotopic (exact) mass is 340 g/mol. The van der Waals surface area contributed by atoms with Gasteiger partial charge in [-0.05, 0) is 46.6 Å². The molecule has 1 aromatic carbocycles. The van der Waals surface area contributed by atoms with E-state index in [9.17, 15) is 4.79 Å². The lowest BCUT2D eigenvalue weighted by Crippen LogP contribution is -3.00. The predicted molar refractivity (Wildman–Crippen MR) is 90.3 cm³/mol. The fourth-order valence-corrected chi connectivity index (χ4v) is 3.73. The van der Waals surface area contributed by atoms with Gasteiger partial charge in [0, 0.05) is 22.7 Å². The molecule has 1 aromatic rings. The Labute approximate surface area is 147 Å². The molecule has 1 aliphatic heterocycles. The van der Waals surface area contributed by atoms with Crippen LogP contribution in [-0.2, 0) is 11.2 Å². The molecule has 0 radical (unpaired) electrons. The third-order valence-electron chi connectivity index (χ3n) is 4.10. The van der Waals surface area contributed by atoms with Crippen molar-refractivity contribution in [1.29, 1.82) is 0 Å². The summed E-state index contributed by atoms with van der Waals surface area (Å²) < 4.78 is 5.31. The van der Waals surface area contributed by atoms with Crippen molar-refractivity contribution in [2.45, 2.75) is 64.1 Å². The number of rotatable bonds is 4. The Hall–Kier alpha value is -1.26. The van der Waals surface area contributed by atoms with Crippen LogP contribution in [0, 0.1) is 0 Å². The first-order valence-electron chi connectivity index (χ1n) is 7.91. The van der Waals surface area contributed by atoms with Gasteiger partial charge in [-0.2, -0.15) is 0 Å². The van der Waals surface area contributed by atoms with Crippen molar-refractivity contribution in [3.05, 3.63) is 29.8 Å². The van der Waals surface area contributed by atoms with Crippen LogP contribution in [0.5, 0.6) is 5.75 Å². The molecular formula is C18H29ClN2O2. The van der Waals surface area contributed by atoms with E-state index in [4.69, 9.17) is 4.74 Å². The molecule has 4 nitrogen and oxygen atoms in total. The molecule has 0 bridgehead atoms. The number of hydrogen-bond acceptors (Lipinski definition) is 3. The first-order chi connectivity index (χ1) is 10.2. The normalized spacial score (nSPS) is 19.5. The molecule has 2 rings (SSSR count). The number of nitrogens with one attached hydrogen (secondary N) is 2. The van der Waals surface area contributed by atoms with E-state index in [2.05, 4.69) is 38.3 Å². The molecule has 5 heteroatoms. The summed E-state index contributed by atoms with van der Waals surface area (Å²) in [5.41, 5.74) is 0.990. The Bertz CT molecular complexity index is 534. The second kappa shape index (κ2) is 7.54. The first-order valence-corrected chi connectivity index (χ1v) is 7.91. The third kappa shape index (κ3) is 5.70. The van der Waals surface area contributed by atoms with Gasteiger partial charge in [0.2, 0.25) is 5.91 Å². The number of carbonyl (C=O) groups is 1. The highest BCUT2D eigenvalue weighted by molar-refractivity contribution is 5.79. The Morgan fingerprint density at radius 3 is 2.39 bits per heavy atom. The minimum Gasteiger partial charge on any atom is -1.00 e. The third-order valence-corrected chi connectivity index (χ3v) is 4.10. The fourth-order valence-electron chi connectivity index (χ4n) is 3.73. The highest BCUT2D eigenvalue weighted by atomic mass is 35.5. The van der Waals surface area contributed by atoms with Crippen LogP contribution in [0.4, 0.5) is 0 Å². The summed E-state index contributed by atoms with van der Waals surface area (Å²) in [6.07, 6.45) is 2.23. The van der Waals surface area contributed by atoms with Crippen LogP contribution in [0.3, 0.4) is 0 Å². The molecule has 0 aromatic heterocycles. The summed E-state index contributed by atoms with van der Waals surface area (Å²) in [4.78, 5) is 12.4. The summed E-state index contributed by atoms with van der Waals surface area (Å²) in [6.45, 7) is 8.75. The number of benzene rings is 1. The second-order valence-electron chi connectivity index (χ2n) is 7.55. The number of amides is 1. The minimum absolute atomic E-state index is 0. The number of ether oxygens (including phenoxy) is 1. The molecule has 1 aliphatic rings. The van der Waals surface area contributed by atoms with Gasteiger partial charge in [-0.1, -0.05) is 18.2 Å². The molecule has 1 heterocycles. The van der Waals surface area contributed by atoms with Gasteiger partial charge >= 0.3 is 1.43 Å². The number of para-hydroxylation sites is 1. The standard InChI is InChI=1S/C18H28N2O2.ClH/c1-17(2)11-14(12-18(3,4)20-17)19-16(21)10-13-8-6-7-9-15(13)22-5;/h6-9,14,20H,10-12H2,1-5H3,(H,19,21);1H. The average Bonchev–Trinajstić information content (AvgIpc) is 2.35. The van der Waals surface area contributed by atoms with E-state index in [1.54, 1.807) is 7.11 Å². The number of carbonyl (C=O) groups excluding carboxylic acids is 1. The summed E-state index contributed by atoms with van der Waals surface area (Å²) in [5.74, 6) is 0.826. The van der Waals surface area contributed by atoms with Crippen molar-refractivity contribution in [2.24, 2.45) is 0 Å². The van der Waals surface area contributed by atoms with E-state index >= 15 is 0 Å². The Morgan fingerprint density at radius 1 is 1.26 bits per heavy atom. The zero-order valence-corrected chi connectivity index (χ0v) is 15.5. The van der Waals surface area contributed by atoms with Crippen LogP contribution in [0.15, 0.2) is 24.3 Å². The van der Waals surface area contributed by atoms with E-state index in [-0.39, 0.29) is 36.9 Å². The van der Waals surface area contributed by atoms with Crippen LogP contribution in [-0.4, -0.2) is 30.1 Å². The van der Waals surface area contributed by atoms with Gasteiger partial charge in [-0.3, -0.25) is 4.79 Å². The zero-order valence-electron chi connectivity index (χ0n) is 15.7. The number of halogens is 1. The summed E-state index contributed by atoms with van der Waals surface area (Å²) in [7, 11) is 1.63. The first kappa shape index (κ1) is 19.8. The van der Waals surface area contributed by atoms with Crippen LogP contribution in [0.1, 0.15) is 47.5 Å². The van der Waals surface area contributed by atoms with Crippen molar-refractivity contribution >= 4 is 5.91 Å². The van der Waals surface area contributed by atoms with E-state index < -0.39 is 0 Å². The summed E-state index contributed by atoms with van der Waals surface area (Å²) >= 11 is 0. The molecular weight excluding hydrogens is 312 g/mol. The van der Waals surface area contributed by atoms with E-state index in [0.717, 1.165) is 24.2 Å². The lowest BCUT2D eigenvalue weighted by molar-refractivity contribution is -0.121. The molecule has 0 saturated carbocycles. The van der Waals surface area contributed by atoms with Gasteiger partial charge in [-0.25, -0.2) is 0 Å². The molecule has 1 saturated heterocycles. The Morgan fingerprint density at radius 2 is 1.83 bits per heavy atom. The highest BCUT2D eigenvalue weighted by Gasteiger charge is 2.38. The van der Waals surface area contributed by atoms with Gasteiger partial charge in [-0.15, -0.1) is 0 Å². The van der Waals surface area contributed by atoms with Crippen molar-refractivity contribution in [3.8, 4) is 5.75 Å². The molecule has 130 valence electrons. The highest BCUT2D eigenvalue weighted by Crippen LogP contribution is 2.28. The van der Waals surface area contributed by atoms with Gasteiger partial charge in [0.05, 0.1) is 13.5 Å². The minimum atomic E-state index is 0. The summed E-state index contributed by atoms with van der Waals surface area (Å²) in [6, 6.07) is 7.88. The van der Waals surface area contributed by atoms with Gasteiger partial charge in [0.15, 0.2) is 0 Å². The van der Waals surface area contributed by atoms with Crippen molar-refractivity contribution in [3.63, 3.8) is 0 Å². The van der Waals surface area contributed by atoms with Crippen molar-refractivity contribution < 1.29 is 23.4 Å². The van der Waals surface area contributed by atoms with Crippen LogP contribution < -0.4 is 27.8 Å². The van der Waals surface area contributed by atoms with Crippen LogP contribution in [0.25, 0.3) is 0 Å². The lowest BCUT2D eigenvalue weighted by Gasteiger charge is -2.46. The SMILES string of the molecule is COc1ccccc1CC(=O)NC1CC(C)(C)NC(C)(C)C1.[Cl-].[H+]. The molecule has 1 amide bonds. The quantitative estimate of drug-likeness (QED) is 0.797. The van der Waals surface area contributed by atoms with Crippen molar-refractivity contribution in [2.75, 3.05) is 7.11 Å².